The molecule has 0 unspecified atom stereocenters. The van der Waals surface area contributed by atoms with Gasteiger partial charge in [-0.15, -0.1) is 16.4 Å². The Labute approximate surface area is 233 Å². The lowest BCUT2D eigenvalue weighted by Crippen LogP contribution is -2.37. The monoisotopic (exact) mass is 544 g/mol. The van der Waals surface area contributed by atoms with Crippen LogP contribution >= 0.6 is 11.3 Å². The molecule has 1 N–H and O–H groups in total. The number of nitrogens with one attached hydrogen (secondary N) is 1. The summed E-state index contributed by atoms with van der Waals surface area (Å²) in [6.07, 6.45) is 6.45. The molecule has 204 valence electrons. The first kappa shape index (κ1) is 26.0. The quantitative estimate of drug-likeness (QED) is 0.309. The summed E-state index contributed by atoms with van der Waals surface area (Å²) in [4.78, 5) is 23.1. The van der Waals surface area contributed by atoms with Crippen molar-refractivity contribution < 1.29 is 9.53 Å². The Morgan fingerprint density at radius 2 is 1.51 bits per heavy atom. The average Bonchev–Trinajstić information content (AvgIpc) is 3.73. The fourth-order valence-corrected chi connectivity index (χ4v) is 6.24. The van der Waals surface area contributed by atoms with E-state index in [4.69, 9.17) is 14.8 Å². The second-order valence-corrected chi connectivity index (χ2v) is 11.2. The van der Waals surface area contributed by atoms with Crippen molar-refractivity contribution in [2.75, 3.05) is 52.4 Å². The fourth-order valence-electron chi connectivity index (χ4n) is 5.41. The summed E-state index contributed by atoms with van der Waals surface area (Å²) in [5.41, 5.74) is 3.60. The van der Waals surface area contributed by atoms with Crippen LogP contribution in [0.2, 0.25) is 0 Å². The molecule has 0 spiro atoms. The molecule has 2 aromatic heterocycles. The van der Waals surface area contributed by atoms with E-state index in [0.29, 0.717) is 24.5 Å². The molecule has 0 aliphatic carbocycles. The SMILES string of the molecule is O=C(NCCN1CCCCC1)c1ccc(-c2csc3nc(-c4ccc(OCCN5CCCC5)cc4)nn23)cc1. The predicted octanol–water partition coefficient (Wildman–Crippen LogP) is 4.82. The van der Waals surface area contributed by atoms with E-state index < -0.39 is 0 Å². The van der Waals surface area contributed by atoms with Crippen LogP contribution < -0.4 is 10.1 Å². The lowest BCUT2D eigenvalue weighted by molar-refractivity contribution is 0.0946. The molecular formula is C30H36N6O2S. The van der Waals surface area contributed by atoms with Crippen molar-refractivity contribution in [2.24, 2.45) is 0 Å². The number of aromatic nitrogens is 3. The normalized spacial score (nSPS) is 16.6. The van der Waals surface area contributed by atoms with Crippen molar-refractivity contribution >= 4 is 22.2 Å². The van der Waals surface area contributed by atoms with E-state index in [9.17, 15) is 4.79 Å². The number of carbonyl (C=O) groups is 1. The minimum Gasteiger partial charge on any atom is -0.492 e. The fraction of sp³-hybridized carbons (Fsp3) is 0.433. The summed E-state index contributed by atoms with van der Waals surface area (Å²) >= 11 is 1.56. The number of hydrogen-bond donors (Lipinski definition) is 1. The summed E-state index contributed by atoms with van der Waals surface area (Å²) in [6, 6.07) is 15.8. The number of piperidine rings is 1. The number of hydrogen-bond acceptors (Lipinski definition) is 7. The molecule has 2 aliphatic heterocycles. The highest BCUT2D eigenvalue weighted by molar-refractivity contribution is 7.15. The number of likely N-dealkylation sites (tertiary alicyclic amines) is 2. The van der Waals surface area contributed by atoms with Gasteiger partial charge < -0.3 is 15.0 Å². The van der Waals surface area contributed by atoms with Crippen molar-refractivity contribution in [1.82, 2.24) is 29.7 Å². The number of benzene rings is 2. The molecule has 0 saturated carbocycles. The van der Waals surface area contributed by atoms with E-state index >= 15 is 0 Å². The molecule has 6 rings (SSSR count). The van der Waals surface area contributed by atoms with Crippen LogP contribution in [0, 0.1) is 0 Å². The first-order chi connectivity index (χ1) is 19.2. The Hall–Kier alpha value is -3.27. The number of nitrogens with zero attached hydrogens (tertiary/aromatic N) is 5. The third kappa shape index (κ3) is 6.32. The highest BCUT2D eigenvalue weighted by Gasteiger charge is 2.15. The highest BCUT2D eigenvalue weighted by Crippen LogP contribution is 2.28. The van der Waals surface area contributed by atoms with Crippen molar-refractivity contribution in [3.8, 4) is 28.4 Å². The first-order valence-corrected chi connectivity index (χ1v) is 15.0. The van der Waals surface area contributed by atoms with Gasteiger partial charge >= 0.3 is 0 Å². The number of rotatable bonds is 10. The molecule has 0 radical (unpaired) electrons. The highest BCUT2D eigenvalue weighted by atomic mass is 32.1. The zero-order valence-electron chi connectivity index (χ0n) is 22.3. The standard InChI is InChI=1S/C30H36N6O2S/c37-29(31-14-19-34-15-2-1-3-16-34)25-8-6-23(7-9-25)27-22-39-30-32-28(33-36(27)30)24-10-12-26(13-11-24)38-21-20-35-17-4-5-18-35/h6-13,22H,1-5,14-21H2,(H,31,37). The number of fused-ring (bicyclic) bond motifs is 1. The molecule has 0 bridgehead atoms. The van der Waals surface area contributed by atoms with Crippen molar-refractivity contribution in [3.05, 3.63) is 59.5 Å². The molecule has 2 aromatic carbocycles. The van der Waals surface area contributed by atoms with Crippen LogP contribution in [0.4, 0.5) is 0 Å². The molecular weight excluding hydrogens is 508 g/mol. The van der Waals surface area contributed by atoms with Gasteiger partial charge in [-0.25, -0.2) is 4.52 Å². The molecule has 0 atom stereocenters. The number of amides is 1. The maximum Gasteiger partial charge on any atom is 0.251 e. The molecule has 39 heavy (non-hydrogen) atoms. The minimum absolute atomic E-state index is 0.0273. The summed E-state index contributed by atoms with van der Waals surface area (Å²) in [7, 11) is 0. The van der Waals surface area contributed by atoms with Crippen LogP contribution in [0.3, 0.4) is 0 Å². The summed E-state index contributed by atoms with van der Waals surface area (Å²) in [5.74, 6) is 1.53. The average molecular weight is 545 g/mol. The van der Waals surface area contributed by atoms with Crippen molar-refractivity contribution in [3.63, 3.8) is 0 Å². The van der Waals surface area contributed by atoms with E-state index in [1.807, 2.05) is 53.0 Å². The zero-order chi connectivity index (χ0) is 26.4. The van der Waals surface area contributed by atoms with Crippen LogP contribution in [0.1, 0.15) is 42.5 Å². The lowest BCUT2D eigenvalue weighted by Gasteiger charge is -2.26. The molecule has 4 aromatic rings. The van der Waals surface area contributed by atoms with Gasteiger partial charge in [0.25, 0.3) is 5.91 Å². The maximum absolute atomic E-state index is 12.6. The molecule has 4 heterocycles. The smallest absolute Gasteiger partial charge is 0.251 e. The summed E-state index contributed by atoms with van der Waals surface area (Å²) < 4.78 is 7.82. The van der Waals surface area contributed by atoms with Gasteiger partial charge in [-0.2, -0.15) is 4.98 Å². The first-order valence-electron chi connectivity index (χ1n) is 14.1. The number of carbonyl (C=O) groups excluding carboxylic acids is 1. The van der Waals surface area contributed by atoms with E-state index in [-0.39, 0.29) is 5.91 Å². The van der Waals surface area contributed by atoms with Crippen molar-refractivity contribution in [1.29, 1.82) is 0 Å². The molecule has 9 heteroatoms. The van der Waals surface area contributed by atoms with Gasteiger partial charge in [0, 0.05) is 41.7 Å². The van der Waals surface area contributed by atoms with Crippen LogP contribution in [-0.2, 0) is 0 Å². The Bertz CT molecular complexity index is 1370. The molecule has 2 saturated heterocycles. The van der Waals surface area contributed by atoms with E-state index in [0.717, 1.165) is 53.7 Å². The van der Waals surface area contributed by atoms with Gasteiger partial charge in [0.2, 0.25) is 4.96 Å². The lowest BCUT2D eigenvalue weighted by atomic mass is 10.1. The van der Waals surface area contributed by atoms with Gasteiger partial charge in [-0.1, -0.05) is 18.6 Å². The number of thiazole rings is 1. The van der Waals surface area contributed by atoms with Gasteiger partial charge in [-0.05, 0) is 88.3 Å². The Morgan fingerprint density at radius 3 is 2.26 bits per heavy atom. The van der Waals surface area contributed by atoms with E-state index in [2.05, 4.69) is 20.5 Å². The predicted molar refractivity (Wildman–Crippen MR) is 156 cm³/mol. The zero-order valence-corrected chi connectivity index (χ0v) is 23.2. The molecule has 1 amide bonds. The van der Waals surface area contributed by atoms with E-state index in [1.165, 1.54) is 45.2 Å². The Kier molecular flexibility index (Phi) is 8.18. The molecule has 2 aliphatic rings. The van der Waals surface area contributed by atoms with Gasteiger partial charge in [0.15, 0.2) is 5.82 Å². The summed E-state index contributed by atoms with van der Waals surface area (Å²) in [5, 5.41) is 9.91. The third-order valence-corrected chi connectivity index (χ3v) is 8.49. The molecule has 8 nitrogen and oxygen atoms in total. The van der Waals surface area contributed by atoms with Gasteiger partial charge in [-0.3, -0.25) is 9.69 Å². The van der Waals surface area contributed by atoms with Gasteiger partial charge in [0.1, 0.15) is 12.4 Å². The summed E-state index contributed by atoms with van der Waals surface area (Å²) in [6.45, 7) is 7.94. The second-order valence-electron chi connectivity index (χ2n) is 10.4. The van der Waals surface area contributed by atoms with Crippen LogP contribution in [0.5, 0.6) is 5.75 Å². The van der Waals surface area contributed by atoms with Gasteiger partial charge in [0.05, 0.1) is 5.69 Å². The Balaban J connectivity index is 1.06. The van der Waals surface area contributed by atoms with Crippen LogP contribution in [0.15, 0.2) is 53.9 Å². The van der Waals surface area contributed by atoms with E-state index in [1.54, 1.807) is 11.3 Å². The molecule has 2 fully saturated rings. The van der Waals surface area contributed by atoms with Crippen molar-refractivity contribution in [2.45, 2.75) is 32.1 Å². The van der Waals surface area contributed by atoms with Crippen LogP contribution in [-0.4, -0.2) is 82.7 Å². The largest absolute Gasteiger partial charge is 0.492 e. The Morgan fingerprint density at radius 1 is 0.846 bits per heavy atom. The number of ether oxygens (including phenoxy) is 1. The minimum atomic E-state index is -0.0273. The topological polar surface area (TPSA) is 75.0 Å². The third-order valence-electron chi connectivity index (χ3n) is 7.67. The van der Waals surface area contributed by atoms with Crippen LogP contribution in [0.25, 0.3) is 27.6 Å². The maximum atomic E-state index is 12.6. The second kappa shape index (κ2) is 12.3.